The number of aromatic nitrogens is 3. The van der Waals surface area contributed by atoms with Crippen molar-refractivity contribution >= 4 is 28.0 Å². The summed E-state index contributed by atoms with van der Waals surface area (Å²) in [6.45, 7) is 3.04. The third-order valence-electron chi connectivity index (χ3n) is 4.23. The molecule has 3 aromatic rings. The molecule has 2 N–H and O–H groups in total. The van der Waals surface area contributed by atoms with Crippen LogP contribution in [0, 0.1) is 5.21 Å². The van der Waals surface area contributed by atoms with E-state index in [0.29, 0.717) is 24.0 Å². The summed E-state index contributed by atoms with van der Waals surface area (Å²) in [5.74, 6) is 0.951. The van der Waals surface area contributed by atoms with Crippen LogP contribution in [0.25, 0.3) is 21.9 Å². The third-order valence-corrected chi connectivity index (χ3v) is 4.23. The Balaban J connectivity index is 2.05. The molecule has 0 aliphatic carbocycles. The van der Waals surface area contributed by atoms with Crippen LogP contribution in [-0.2, 0) is 17.7 Å². The highest BCUT2D eigenvalue weighted by Gasteiger charge is 2.18. The van der Waals surface area contributed by atoms with Crippen molar-refractivity contribution in [2.45, 2.75) is 39.2 Å². The summed E-state index contributed by atoms with van der Waals surface area (Å²) in [7, 11) is 0. The molecule has 2 aromatic heterocycles. The zero-order valence-corrected chi connectivity index (χ0v) is 14.3. The molecule has 0 aliphatic heterocycles. The molecule has 0 aliphatic rings. The summed E-state index contributed by atoms with van der Waals surface area (Å²) in [5.41, 5.74) is 7.27. The fourth-order valence-corrected chi connectivity index (χ4v) is 3.10. The lowest BCUT2D eigenvalue weighted by atomic mass is 10.2. The van der Waals surface area contributed by atoms with Crippen molar-refractivity contribution in [2.24, 2.45) is 5.73 Å². The van der Waals surface area contributed by atoms with Crippen molar-refractivity contribution in [3.8, 4) is 0 Å². The number of benzene rings is 1. The van der Waals surface area contributed by atoms with Gasteiger partial charge in [0.05, 0.1) is 17.5 Å². The maximum absolute atomic E-state index is 12.3. The number of rotatable bonds is 7. The van der Waals surface area contributed by atoms with Crippen LogP contribution in [0.4, 0.5) is 4.79 Å². The van der Waals surface area contributed by atoms with Crippen molar-refractivity contribution in [3.63, 3.8) is 0 Å². The molecule has 0 unspecified atom stereocenters. The van der Waals surface area contributed by atoms with E-state index in [0.717, 1.165) is 40.7 Å². The van der Waals surface area contributed by atoms with Crippen LogP contribution in [0.15, 0.2) is 30.5 Å². The number of carbonyl (C=O) groups excluding carboxylic acids is 1. The number of carbonyl (C=O) groups is 1. The van der Waals surface area contributed by atoms with Crippen molar-refractivity contribution in [3.05, 3.63) is 41.5 Å². The predicted molar refractivity (Wildman–Crippen MR) is 95.0 cm³/mol. The Labute approximate surface area is 145 Å². The number of nitrogens with zero attached hydrogens (tertiary/aromatic N) is 3. The van der Waals surface area contributed by atoms with Crippen LogP contribution < -0.4 is 10.5 Å². The number of primary amides is 1. The van der Waals surface area contributed by atoms with E-state index in [1.807, 2.05) is 18.2 Å². The number of pyridine rings is 1. The monoisotopic (exact) mass is 342 g/mol. The molecule has 0 spiro atoms. The van der Waals surface area contributed by atoms with Gasteiger partial charge in [0.25, 0.3) is 0 Å². The molecule has 2 heterocycles. The average Bonchev–Trinajstić information content (AvgIpc) is 2.94. The van der Waals surface area contributed by atoms with Gasteiger partial charge in [-0.15, -0.1) is 0 Å². The third kappa shape index (κ3) is 3.50. The summed E-state index contributed by atoms with van der Waals surface area (Å²) in [5, 5.41) is 13.1. The lowest BCUT2D eigenvalue weighted by Crippen LogP contribution is -2.26. The van der Waals surface area contributed by atoms with Gasteiger partial charge in [-0.3, -0.25) is 0 Å². The smallest absolute Gasteiger partial charge is 0.404 e. The molecule has 0 fully saturated rings. The van der Waals surface area contributed by atoms with Crippen molar-refractivity contribution in [1.82, 2.24) is 9.55 Å². The number of nitrogens with two attached hydrogens (primary N) is 1. The number of aryl methyl sites for hydroxylation is 2. The topological polar surface area (TPSA) is 97.1 Å². The minimum atomic E-state index is -0.764. The molecule has 0 atom stereocenters. The number of para-hydroxylation sites is 1. The zero-order valence-electron chi connectivity index (χ0n) is 14.3. The number of hydrogen-bond donors (Lipinski definition) is 1. The molecule has 25 heavy (non-hydrogen) atoms. The summed E-state index contributed by atoms with van der Waals surface area (Å²) < 4.78 is 7.84. The molecule has 0 radical (unpaired) electrons. The minimum Gasteiger partial charge on any atom is -0.618 e. The van der Waals surface area contributed by atoms with Gasteiger partial charge in [0.2, 0.25) is 11.7 Å². The lowest BCUT2D eigenvalue weighted by Gasteiger charge is -2.10. The Bertz CT molecular complexity index is 904. The summed E-state index contributed by atoms with van der Waals surface area (Å²) in [6, 6.07) is 7.51. The van der Waals surface area contributed by atoms with Gasteiger partial charge < -0.3 is 20.2 Å². The van der Waals surface area contributed by atoms with Crippen LogP contribution >= 0.6 is 0 Å². The first kappa shape index (κ1) is 17.0. The molecular formula is C18H22N4O3. The van der Waals surface area contributed by atoms with E-state index in [2.05, 4.69) is 16.5 Å². The van der Waals surface area contributed by atoms with Crippen LogP contribution in [-0.4, -0.2) is 22.3 Å². The van der Waals surface area contributed by atoms with E-state index in [9.17, 15) is 10.0 Å². The van der Waals surface area contributed by atoms with Gasteiger partial charge in [-0.2, -0.15) is 4.73 Å². The minimum absolute atomic E-state index is 0.258. The number of ether oxygens (including phenoxy) is 1. The maximum atomic E-state index is 12.3. The molecular weight excluding hydrogens is 320 g/mol. The second-order valence-corrected chi connectivity index (χ2v) is 6.01. The van der Waals surface area contributed by atoms with E-state index in [-0.39, 0.29) is 6.61 Å². The highest BCUT2D eigenvalue weighted by Crippen LogP contribution is 2.25. The van der Waals surface area contributed by atoms with Gasteiger partial charge in [0, 0.05) is 19.0 Å². The van der Waals surface area contributed by atoms with Crippen LogP contribution in [0.5, 0.6) is 0 Å². The van der Waals surface area contributed by atoms with Crippen molar-refractivity contribution in [2.75, 3.05) is 6.61 Å². The molecule has 132 valence electrons. The fraction of sp³-hybridized carbons (Fsp3) is 0.389. The Hall–Kier alpha value is -2.83. The van der Waals surface area contributed by atoms with E-state index in [1.54, 1.807) is 6.07 Å². The van der Waals surface area contributed by atoms with E-state index < -0.39 is 6.09 Å². The normalized spacial score (nSPS) is 11.2. The SMILES string of the molecule is CCCCc1nc2c[n+]([O-])c3ccccc3c2n1CCCOC(N)=O. The predicted octanol–water partition coefficient (Wildman–Crippen LogP) is 2.65. The van der Waals surface area contributed by atoms with Gasteiger partial charge in [-0.25, -0.2) is 9.78 Å². The maximum Gasteiger partial charge on any atom is 0.404 e. The molecule has 0 bridgehead atoms. The van der Waals surface area contributed by atoms with Gasteiger partial charge in [-0.1, -0.05) is 25.5 Å². The van der Waals surface area contributed by atoms with E-state index in [1.165, 1.54) is 6.20 Å². The first-order chi connectivity index (χ1) is 12.1. The lowest BCUT2D eigenvalue weighted by molar-refractivity contribution is -0.575. The number of fused-ring (bicyclic) bond motifs is 3. The highest BCUT2D eigenvalue weighted by atomic mass is 16.5. The zero-order chi connectivity index (χ0) is 17.8. The van der Waals surface area contributed by atoms with Crippen molar-refractivity contribution in [1.29, 1.82) is 0 Å². The fourth-order valence-electron chi connectivity index (χ4n) is 3.10. The number of imidazole rings is 1. The largest absolute Gasteiger partial charge is 0.618 e. The molecule has 0 saturated carbocycles. The Kier molecular flexibility index (Phi) is 5.02. The molecule has 3 rings (SSSR count). The highest BCUT2D eigenvalue weighted by molar-refractivity contribution is 6.00. The molecule has 1 amide bonds. The number of hydrogen-bond acceptors (Lipinski definition) is 4. The van der Waals surface area contributed by atoms with Crippen molar-refractivity contribution < 1.29 is 14.3 Å². The number of amides is 1. The second-order valence-electron chi connectivity index (χ2n) is 6.01. The summed E-state index contributed by atoms with van der Waals surface area (Å²) in [6.07, 6.45) is 4.33. The van der Waals surface area contributed by atoms with Gasteiger partial charge >= 0.3 is 6.09 Å². The average molecular weight is 342 g/mol. The first-order valence-corrected chi connectivity index (χ1v) is 8.54. The van der Waals surface area contributed by atoms with Crippen LogP contribution in [0.3, 0.4) is 0 Å². The van der Waals surface area contributed by atoms with E-state index >= 15 is 0 Å². The Morgan fingerprint density at radius 3 is 2.92 bits per heavy atom. The molecule has 0 saturated heterocycles. The van der Waals surface area contributed by atoms with Gasteiger partial charge in [0.1, 0.15) is 5.82 Å². The first-order valence-electron chi connectivity index (χ1n) is 8.54. The molecule has 7 nitrogen and oxygen atoms in total. The quantitative estimate of drug-likeness (QED) is 0.405. The summed E-state index contributed by atoms with van der Waals surface area (Å²) >= 11 is 0. The standard InChI is InChI=1S/C18H22N4O3/c1-2-3-9-16-20-14-12-22(24)15-8-5-4-7-13(15)17(14)21(16)10-6-11-25-18(19)23/h4-5,7-8,12H,2-3,6,9-11H2,1H3,(H2,19,23). The second kappa shape index (κ2) is 7.38. The van der Waals surface area contributed by atoms with Crippen LogP contribution in [0.2, 0.25) is 0 Å². The number of unbranched alkanes of at least 4 members (excludes halogenated alkanes) is 1. The molecule has 7 heteroatoms. The van der Waals surface area contributed by atoms with Crippen LogP contribution in [0.1, 0.15) is 32.0 Å². The molecule has 1 aromatic carbocycles. The Morgan fingerprint density at radius 2 is 2.16 bits per heavy atom. The Morgan fingerprint density at radius 1 is 1.36 bits per heavy atom. The van der Waals surface area contributed by atoms with Gasteiger partial charge in [-0.05, 0) is 18.9 Å². The van der Waals surface area contributed by atoms with E-state index in [4.69, 9.17) is 10.5 Å². The summed E-state index contributed by atoms with van der Waals surface area (Å²) in [4.78, 5) is 15.4. The van der Waals surface area contributed by atoms with Gasteiger partial charge in [0.15, 0.2) is 5.52 Å².